The highest BCUT2D eigenvalue weighted by atomic mass is 16.6. The molecule has 0 spiro atoms. The number of aliphatic hydroxyl groups is 2. The average molecular weight is 346 g/mol. The van der Waals surface area contributed by atoms with Gasteiger partial charge in [-0.05, 0) is 30.7 Å². The number of nitro groups is 1. The summed E-state index contributed by atoms with van der Waals surface area (Å²) in [6.45, 7) is 2.09. The maximum Gasteiger partial charge on any atom is 0.269 e. The number of ether oxygens (including phenoxy) is 1. The molecule has 2 rings (SSSR count). The molecule has 7 nitrogen and oxygen atoms in total. The van der Waals surface area contributed by atoms with Gasteiger partial charge in [0.25, 0.3) is 5.69 Å². The Balaban J connectivity index is 2.09. The number of non-ortho nitro benzene ring substituents is 1. The van der Waals surface area contributed by atoms with Crippen molar-refractivity contribution in [2.24, 2.45) is 0 Å². The monoisotopic (exact) mass is 346 g/mol. The zero-order valence-electron chi connectivity index (χ0n) is 14.2. The van der Waals surface area contributed by atoms with Crippen LogP contribution in [0.3, 0.4) is 0 Å². The van der Waals surface area contributed by atoms with Gasteiger partial charge in [0.05, 0.1) is 30.8 Å². The van der Waals surface area contributed by atoms with Crippen LogP contribution in [0.15, 0.2) is 42.5 Å². The highest BCUT2D eigenvalue weighted by molar-refractivity contribution is 5.37. The van der Waals surface area contributed by atoms with E-state index >= 15 is 0 Å². The maximum atomic E-state index is 10.7. The first kappa shape index (κ1) is 18.9. The van der Waals surface area contributed by atoms with Crippen molar-refractivity contribution >= 4 is 5.69 Å². The molecular weight excluding hydrogens is 324 g/mol. The van der Waals surface area contributed by atoms with Gasteiger partial charge in [0.1, 0.15) is 5.75 Å². The van der Waals surface area contributed by atoms with Gasteiger partial charge in [0, 0.05) is 24.2 Å². The van der Waals surface area contributed by atoms with Crippen molar-refractivity contribution in [1.29, 1.82) is 0 Å². The Hall–Kier alpha value is -2.48. The number of hydrogen-bond donors (Lipinski definition) is 3. The topological polar surface area (TPSA) is 105 Å². The standard InChI is InChI=1S/C18H22N2O5/c1-12-3-8-17(25-2)14(9-12)10-19-16(11-21)18(22)13-4-6-15(7-5-13)20(23)24/h3-9,16,18-19,21-22H,10-11H2,1-2H3/t16-,18+/m0/s1. The van der Waals surface area contributed by atoms with Crippen molar-refractivity contribution in [3.05, 3.63) is 69.3 Å². The summed E-state index contributed by atoms with van der Waals surface area (Å²) >= 11 is 0. The van der Waals surface area contributed by atoms with Crippen LogP contribution in [0.4, 0.5) is 5.69 Å². The van der Waals surface area contributed by atoms with Gasteiger partial charge >= 0.3 is 0 Å². The van der Waals surface area contributed by atoms with Gasteiger partial charge in [0.15, 0.2) is 0 Å². The van der Waals surface area contributed by atoms with Gasteiger partial charge in [-0.25, -0.2) is 0 Å². The number of hydrogen-bond acceptors (Lipinski definition) is 6. The summed E-state index contributed by atoms with van der Waals surface area (Å²) in [6, 6.07) is 10.8. The van der Waals surface area contributed by atoms with Crippen molar-refractivity contribution in [2.45, 2.75) is 25.6 Å². The van der Waals surface area contributed by atoms with Crippen LogP contribution < -0.4 is 10.1 Å². The van der Waals surface area contributed by atoms with Gasteiger partial charge in [-0.3, -0.25) is 10.1 Å². The van der Waals surface area contributed by atoms with E-state index in [1.54, 1.807) is 7.11 Å². The van der Waals surface area contributed by atoms with E-state index in [0.717, 1.165) is 16.9 Å². The molecule has 0 fully saturated rings. The quantitative estimate of drug-likeness (QED) is 0.499. The van der Waals surface area contributed by atoms with Crippen molar-refractivity contribution in [3.63, 3.8) is 0 Å². The van der Waals surface area contributed by atoms with Crippen molar-refractivity contribution in [2.75, 3.05) is 13.7 Å². The second-order valence-electron chi connectivity index (χ2n) is 5.78. The van der Waals surface area contributed by atoms with Gasteiger partial charge < -0.3 is 20.3 Å². The highest BCUT2D eigenvalue weighted by Crippen LogP contribution is 2.23. The Morgan fingerprint density at radius 2 is 1.92 bits per heavy atom. The number of rotatable bonds is 8. The number of nitrogens with zero attached hydrogens (tertiary/aromatic N) is 1. The molecule has 0 saturated carbocycles. The Kier molecular flexibility index (Phi) is 6.46. The minimum Gasteiger partial charge on any atom is -0.496 e. The number of benzene rings is 2. The molecule has 2 atom stereocenters. The first-order valence-corrected chi connectivity index (χ1v) is 7.86. The van der Waals surface area contributed by atoms with Crippen LogP contribution in [0.2, 0.25) is 0 Å². The van der Waals surface area contributed by atoms with Crippen LogP contribution in [0.25, 0.3) is 0 Å². The SMILES string of the molecule is COc1ccc(C)cc1CN[C@@H](CO)[C@H](O)c1ccc([N+](=O)[O-])cc1. The number of nitrogens with one attached hydrogen (secondary N) is 1. The smallest absolute Gasteiger partial charge is 0.269 e. The van der Waals surface area contributed by atoms with Crippen molar-refractivity contribution < 1.29 is 19.9 Å². The van der Waals surface area contributed by atoms with Crippen LogP contribution in [0.1, 0.15) is 22.8 Å². The van der Waals surface area contributed by atoms with E-state index in [4.69, 9.17) is 4.74 Å². The minimum atomic E-state index is -0.999. The minimum absolute atomic E-state index is 0.0473. The highest BCUT2D eigenvalue weighted by Gasteiger charge is 2.21. The maximum absolute atomic E-state index is 10.7. The molecule has 0 amide bonds. The van der Waals surface area contributed by atoms with Crippen molar-refractivity contribution in [1.82, 2.24) is 5.32 Å². The molecule has 0 aliphatic rings. The third kappa shape index (κ3) is 4.76. The molecule has 0 saturated heterocycles. The molecule has 0 bridgehead atoms. The molecule has 2 aromatic carbocycles. The number of nitro benzene ring substituents is 1. The fourth-order valence-corrected chi connectivity index (χ4v) is 2.59. The van der Waals surface area contributed by atoms with Crippen molar-refractivity contribution in [3.8, 4) is 5.75 Å². The first-order valence-electron chi connectivity index (χ1n) is 7.86. The third-order valence-electron chi connectivity index (χ3n) is 4.01. The molecule has 0 unspecified atom stereocenters. The molecule has 7 heteroatoms. The zero-order valence-corrected chi connectivity index (χ0v) is 14.2. The lowest BCUT2D eigenvalue weighted by molar-refractivity contribution is -0.384. The number of aliphatic hydroxyl groups excluding tert-OH is 2. The molecule has 0 aromatic heterocycles. The molecule has 0 aliphatic carbocycles. The lowest BCUT2D eigenvalue weighted by atomic mass is 10.0. The Morgan fingerprint density at radius 1 is 1.24 bits per heavy atom. The third-order valence-corrected chi connectivity index (χ3v) is 4.01. The Bertz CT molecular complexity index is 718. The zero-order chi connectivity index (χ0) is 18.4. The molecular formula is C18H22N2O5. The number of aryl methyl sites for hydroxylation is 1. The summed E-state index contributed by atoms with van der Waals surface area (Å²) in [4.78, 5) is 10.2. The predicted molar refractivity (Wildman–Crippen MR) is 93.5 cm³/mol. The summed E-state index contributed by atoms with van der Waals surface area (Å²) in [5, 5.41) is 33.9. The van der Waals surface area contributed by atoms with E-state index in [1.165, 1.54) is 24.3 Å². The van der Waals surface area contributed by atoms with E-state index in [2.05, 4.69) is 5.32 Å². The van der Waals surface area contributed by atoms with Gasteiger partial charge in [-0.2, -0.15) is 0 Å². The van der Waals surface area contributed by atoms with Gasteiger partial charge in [-0.15, -0.1) is 0 Å². The van der Waals surface area contributed by atoms with Crippen LogP contribution >= 0.6 is 0 Å². The Labute approximate surface area is 146 Å². The lowest BCUT2D eigenvalue weighted by Crippen LogP contribution is -2.37. The normalized spacial score (nSPS) is 13.3. The van der Waals surface area contributed by atoms with E-state index < -0.39 is 17.1 Å². The molecule has 25 heavy (non-hydrogen) atoms. The summed E-state index contributed by atoms with van der Waals surface area (Å²) in [5.74, 6) is 0.722. The fourth-order valence-electron chi connectivity index (χ4n) is 2.59. The van der Waals surface area contributed by atoms with Gasteiger partial charge in [0.2, 0.25) is 0 Å². The van der Waals surface area contributed by atoms with Crippen LogP contribution in [-0.4, -0.2) is 34.9 Å². The largest absolute Gasteiger partial charge is 0.496 e. The summed E-state index contributed by atoms with van der Waals surface area (Å²) < 4.78 is 5.32. The van der Waals surface area contributed by atoms with Crippen LogP contribution in [0.5, 0.6) is 5.75 Å². The predicted octanol–water partition coefficient (Wildman–Crippen LogP) is 2.10. The second-order valence-corrected chi connectivity index (χ2v) is 5.78. The average Bonchev–Trinajstić information content (AvgIpc) is 2.62. The summed E-state index contributed by atoms with van der Waals surface area (Å²) in [7, 11) is 1.59. The van der Waals surface area contributed by atoms with E-state index in [1.807, 2.05) is 25.1 Å². The van der Waals surface area contributed by atoms with E-state index in [9.17, 15) is 20.3 Å². The Morgan fingerprint density at radius 3 is 2.48 bits per heavy atom. The first-order chi connectivity index (χ1) is 12.0. The molecule has 3 N–H and O–H groups in total. The number of methoxy groups -OCH3 is 1. The molecule has 134 valence electrons. The summed E-state index contributed by atoms with van der Waals surface area (Å²) in [5.41, 5.74) is 2.44. The van der Waals surface area contributed by atoms with Crippen LogP contribution in [0, 0.1) is 17.0 Å². The molecule has 0 aliphatic heterocycles. The van der Waals surface area contributed by atoms with E-state index in [-0.39, 0.29) is 12.3 Å². The van der Waals surface area contributed by atoms with Crippen LogP contribution in [-0.2, 0) is 6.54 Å². The molecule has 0 radical (unpaired) electrons. The lowest BCUT2D eigenvalue weighted by Gasteiger charge is -2.23. The molecule has 2 aromatic rings. The van der Waals surface area contributed by atoms with Gasteiger partial charge in [-0.1, -0.05) is 17.7 Å². The second kappa shape index (κ2) is 8.57. The van der Waals surface area contributed by atoms with E-state index in [0.29, 0.717) is 12.1 Å². The summed E-state index contributed by atoms with van der Waals surface area (Å²) in [6.07, 6.45) is -0.999. The molecule has 0 heterocycles. The fraction of sp³-hybridized carbons (Fsp3) is 0.333.